The van der Waals surface area contributed by atoms with Crippen LogP contribution in [-0.4, -0.2) is 34.8 Å². The van der Waals surface area contributed by atoms with Crippen molar-refractivity contribution in [3.8, 4) is 0 Å². The lowest BCUT2D eigenvalue weighted by molar-refractivity contribution is 0.245. The molecule has 0 bridgehead atoms. The smallest absolute Gasteiger partial charge is 0.341 e. The molecule has 0 atom stereocenters. The minimum absolute atomic E-state index is 0.157. The Morgan fingerprint density at radius 1 is 1.18 bits per heavy atom. The Kier molecular flexibility index (Phi) is 7.23. The summed E-state index contributed by atoms with van der Waals surface area (Å²) in [5, 5.41) is 4.73. The first-order valence-electron chi connectivity index (χ1n) is 2.49. The maximum atomic E-state index is 9.96. The van der Waals surface area contributed by atoms with Gasteiger partial charge < -0.3 is 25.3 Å². The maximum Gasteiger partial charge on any atom is 0.466 e. The molecule has 0 heterocycles. The lowest BCUT2D eigenvalue weighted by Gasteiger charge is -1.91. The largest absolute Gasteiger partial charge is 0.466 e. The van der Waals surface area contributed by atoms with Gasteiger partial charge >= 0.3 is 13.9 Å². The van der Waals surface area contributed by atoms with Crippen LogP contribution in [0.1, 0.15) is 0 Å². The van der Waals surface area contributed by atoms with Gasteiger partial charge in [-0.3, -0.25) is 0 Å². The van der Waals surface area contributed by atoms with Crippen molar-refractivity contribution in [2.45, 2.75) is 0 Å². The minimum atomic E-state index is -4.64. The van der Waals surface area contributed by atoms with Gasteiger partial charge in [-0.15, -0.1) is 0 Å². The third kappa shape index (κ3) is 44.7. The predicted molar refractivity (Wildman–Crippen MR) is 37.8 cm³/mol. The van der Waals surface area contributed by atoms with Crippen molar-refractivity contribution in [2.75, 3.05) is 14.1 Å². The van der Waals surface area contributed by atoms with Crippen LogP contribution in [0.3, 0.4) is 0 Å². The third-order valence-electron chi connectivity index (χ3n) is 0.454. The zero-order chi connectivity index (χ0) is 9.49. The standard InChI is InChI=1S/C3H8N2O.H3O4P/c1-4-3(6)5-2;1-5(2,3)4/h1-2H3,(H2,4,5,6);(H3,1,2,3,4). The number of nitrogens with one attached hydrogen (secondary N) is 2. The Balaban J connectivity index is 0. The summed E-state index contributed by atoms with van der Waals surface area (Å²) in [5.41, 5.74) is 0. The molecule has 0 aromatic carbocycles. The molecule has 0 saturated heterocycles. The van der Waals surface area contributed by atoms with Gasteiger partial charge in [0.05, 0.1) is 0 Å². The molecule has 0 aromatic rings. The molecule has 0 radical (unpaired) electrons. The molecule has 7 nitrogen and oxygen atoms in total. The molecule has 0 saturated carbocycles. The molecule has 0 spiro atoms. The second-order valence-corrected chi connectivity index (χ2v) is 2.37. The summed E-state index contributed by atoms with van der Waals surface area (Å²) in [5.74, 6) is 0. The highest BCUT2D eigenvalue weighted by Crippen LogP contribution is 2.25. The van der Waals surface area contributed by atoms with E-state index in [2.05, 4.69) is 10.6 Å². The van der Waals surface area contributed by atoms with Crippen molar-refractivity contribution in [1.82, 2.24) is 10.6 Å². The number of carbonyl (C=O) groups is 1. The van der Waals surface area contributed by atoms with Gasteiger partial charge in [0.15, 0.2) is 0 Å². The van der Waals surface area contributed by atoms with Gasteiger partial charge in [0.1, 0.15) is 0 Å². The number of amides is 2. The van der Waals surface area contributed by atoms with Crippen molar-refractivity contribution < 1.29 is 24.0 Å². The van der Waals surface area contributed by atoms with Crippen LogP contribution < -0.4 is 10.6 Å². The average Bonchev–Trinajstić information content (AvgIpc) is 1.83. The van der Waals surface area contributed by atoms with Gasteiger partial charge in [-0.05, 0) is 0 Å². The second kappa shape index (κ2) is 6.11. The van der Waals surface area contributed by atoms with E-state index in [0.717, 1.165) is 0 Å². The summed E-state index contributed by atoms with van der Waals surface area (Å²) in [6, 6.07) is -0.157. The Labute approximate surface area is 63.7 Å². The van der Waals surface area contributed by atoms with Gasteiger partial charge in [-0.2, -0.15) is 0 Å². The van der Waals surface area contributed by atoms with Crippen LogP contribution in [0, 0.1) is 0 Å². The van der Waals surface area contributed by atoms with Crippen molar-refractivity contribution in [3.63, 3.8) is 0 Å². The summed E-state index contributed by atoms with van der Waals surface area (Å²) in [6.07, 6.45) is 0. The fourth-order valence-corrected chi connectivity index (χ4v) is 0.125. The molecular formula is C3H11N2O5P. The van der Waals surface area contributed by atoms with Crippen LogP contribution in [0.15, 0.2) is 0 Å². The first-order valence-corrected chi connectivity index (χ1v) is 4.05. The molecule has 0 aliphatic rings. The van der Waals surface area contributed by atoms with Gasteiger partial charge in [-0.25, -0.2) is 9.36 Å². The van der Waals surface area contributed by atoms with E-state index in [4.69, 9.17) is 19.2 Å². The summed E-state index contributed by atoms with van der Waals surface area (Å²) >= 11 is 0. The van der Waals surface area contributed by atoms with E-state index in [1.807, 2.05) is 0 Å². The fraction of sp³-hybridized carbons (Fsp3) is 0.667. The van der Waals surface area contributed by atoms with Crippen molar-refractivity contribution in [3.05, 3.63) is 0 Å². The predicted octanol–water partition coefficient (Wildman–Crippen LogP) is -1.38. The highest BCUT2D eigenvalue weighted by atomic mass is 31.2. The monoisotopic (exact) mass is 186 g/mol. The molecule has 0 aliphatic heterocycles. The van der Waals surface area contributed by atoms with Crippen molar-refractivity contribution in [2.24, 2.45) is 0 Å². The molecule has 0 unspecified atom stereocenters. The van der Waals surface area contributed by atoms with E-state index in [-0.39, 0.29) is 6.03 Å². The molecule has 68 valence electrons. The molecule has 5 N–H and O–H groups in total. The van der Waals surface area contributed by atoms with Crippen molar-refractivity contribution >= 4 is 13.9 Å². The highest BCUT2D eigenvalue weighted by Gasteiger charge is 2.00. The van der Waals surface area contributed by atoms with Crippen LogP contribution >= 0.6 is 7.82 Å². The molecule has 0 aromatic heterocycles. The number of urea groups is 1. The first kappa shape index (κ1) is 13.0. The lowest BCUT2D eigenvalue weighted by Crippen LogP contribution is -2.28. The number of hydrogen-bond acceptors (Lipinski definition) is 2. The molecule has 0 aliphatic carbocycles. The topological polar surface area (TPSA) is 119 Å². The van der Waals surface area contributed by atoms with Crippen LogP contribution in [-0.2, 0) is 4.57 Å². The average molecular weight is 186 g/mol. The molecule has 0 fully saturated rings. The summed E-state index contributed by atoms with van der Waals surface area (Å²) in [6.45, 7) is 0. The molecular weight excluding hydrogens is 175 g/mol. The van der Waals surface area contributed by atoms with E-state index in [1.54, 1.807) is 14.1 Å². The summed E-state index contributed by atoms with van der Waals surface area (Å²) < 4.78 is 8.88. The molecule has 2 amide bonds. The molecule has 11 heavy (non-hydrogen) atoms. The highest BCUT2D eigenvalue weighted by molar-refractivity contribution is 7.45. The lowest BCUT2D eigenvalue weighted by atomic mass is 11.0. The maximum absolute atomic E-state index is 9.96. The number of carbonyl (C=O) groups excluding carboxylic acids is 1. The van der Waals surface area contributed by atoms with Crippen LogP contribution in [0.25, 0.3) is 0 Å². The first-order chi connectivity index (χ1) is 4.81. The fourth-order valence-electron chi connectivity index (χ4n) is 0.125. The zero-order valence-electron chi connectivity index (χ0n) is 6.11. The Morgan fingerprint density at radius 3 is 1.36 bits per heavy atom. The van der Waals surface area contributed by atoms with E-state index in [0.29, 0.717) is 0 Å². The quantitative estimate of drug-likeness (QED) is 0.298. The third-order valence-corrected chi connectivity index (χ3v) is 0.454. The Bertz CT molecular complexity index is 140. The second-order valence-electron chi connectivity index (χ2n) is 1.34. The normalized spacial score (nSPS) is 9.18. The van der Waals surface area contributed by atoms with E-state index in [9.17, 15) is 4.79 Å². The van der Waals surface area contributed by atoms with E-state index in [1.165, 1.54) is 0 Å². The van der Waals surface area contributed by atoms with Crippen molar-refractivity contribution in [1.29, 1.82) is 0 Å². The van der Waals surface area contributed by atoms with E-state index >= 15 is 0 Å². The van der Waals surface area contributed by atoms with Gasteiger partial charge in [0.2, 0.25) is 0 Å². The van der Waals surface area contributed by atoms with Gasteiger partial charge in [0.25, 0.3) is 0 Å². The Hall–Kier alpha value is -0.620. The van der Waals surface area contributed by atoms with Gasteiger partial charge in [0, 0.05) is 14.1 Å². The van der Waals surface area contributed by atoms with Crippen LogP contribution in [0.5, 0.6) is 0 Å². The minimum Gasteiger partial charge on any atom is -0.341 e. The number of rotatable bonds is 0. The van der Waals surface area contributed by atoms with Crippen LogP contribution in [0.2, 0.25) is 0 Å². The number of phosphoric acid groups is 1. The number of hydrogen-bond donors (Lipinski definition) is 5. The van der Waals surface area contributed by atoms with Gasteiger partial charge in [-0.1, -0.05) is 0 Å². The summed E-state index contributed by atoms with van der Waals surface area (Å²) in [7, 11) is -1.50. The summed E-state index contributed by atoms with van der Waals surface area (Å²) in [4.78, 5) is 31.5. The van der Waals surface area contributed by atoms with Crippen LogP contribution in [0.4, 0.5) is 4.79 Å². The molecule has 0 rings (SSSR count). The zero-order valence-corrected chi connectivity index (χ0v) is 7.00. The SMILES string of the molecule is CNC(=O)NC.O=P(O)(O)O. The Morgan fingerprint density at radius 2 is 1.36 bits per heavy atom. The molecule has 8 heteroatoms. The van der Waals surface area contributed by atoms with E-state index < -0.39 is 7.82 Å².